The lowest BCUT2D eigenvalue weighted by atomic mass is 10.1. The van der Waals surface area contributed by atoms with Crippen molar-refractivity contribution in [1.82, 2.24) is 4.90 Å². The number of aryl methyl sites for hydroxylation is 3. The number of likely N-dealkylation sites (N-methyl/N-ethyl adjacent to an activating group) is 1. The second-order valence-corrected chi connectivity index (χ2v) is 9.93. The largest absolute Gasteiger partial charge is 0.336 e. The number of carbonyl (C=O) groups is 2. The molecule has 144 valence electrons. The molecule has 0 bridgehead atoms. The fourth-order valence-corrected chi connectivity index (χ4v) is 6.29. The van der Waals surface area contributed by atoms with Gasteiger partial charge in [-0.25, -0.2) is 0 Å². The molecule has 1 saturated heterocycles. The van der Waals surface area contributed by atoms with Gasteiger partial charge in [-0.3, -0.25) is 9.59 Å². The summed E-state index contributed by atoms with van der Waals surface area (Å²) in [5.41, 5.74) is 4.13. The first-order valence-corrected chi connectivity index (χ1v) is 11.6. The van der Waals surface area contributed by atoms with Crippen LogP contribution in [0.1, 0.15) is 48.8 Å². The topological polar surface area (TPSA) is 49.4 Å². The van der Waals surface area contributed by atoms with E-state index in [0.717, 1.165) is 34.9 Å². The molecule has 0 aromatic heterocycles. The van der Waals surface area contributed by atoms with Gasteiger partial charge in [0, 0.05) is 30.2 Å². The second kappa shape index (κ2) is 10.3. The molecule has 2 rings (SSSR count). The summed E-state index contributed by atoms with van der Waals surface area (Å²) in [6.07, 6.45) is 5.01. The van der Waals surface area contributed by atoms with Crippen molar-refractivity contribution < 1.29 is 9.59 Å². The summed E-state index contributed by atoms with van der Waals surface area (Å²) in [6, 6.07) is 4.11. The smallest absolute Gasteiger partial charge is 0.243 e. The molecule has 1 aliphatic rings. The van der Waals surface area contributed by atoms with E-state index in [2.05, 4.69) is 17.4 Å². The summed E-state index contributed by atoms with van der Waals surface area (Å²) in [5, 5.41) is 3.72. The van der Waals surface area contributed by atoms with E-state index in [4.69, 9.17) is 0 Å². The van der Waals surface area contributed by atoms with Gasteiger partial charge in [-0.15, -0.1) is 0 Å². The van der Waals surface area contributed by atoms with Crippen LogP contribution in [0.4, 0.5) is 5.69 Å². The van der Waals surface area contributed by atoms with Crippen molar-refractivity contribution in [2.75, 3.05) is 24.7 Å². The molecule has 0 spiro atoms. The Morgan fingerprint density at radius 3 is 2.50 bits per heavy atom. The van der Waals surface area contributed by atoms with Gasteiger partial charge in [0.15, 0.2) is 0 Å². The molecule has 6 heteroatoms. The standard InChI is InChI=1S/C20H30N2O2S2/c1-14-11-15(2)20(16(3)12-14)21-18(23)13-22(4)19(24)8-6-5-7-17-9-10-25-26-17/h11-12,17H,5-10,13H2,1-4H3,(H,21,23). The Bertz CT molecular complexity index is 620. The van der Waals surface area contributed by atoms with Gasteiger partial charge in [0.1, 0.15) is 0 Å². The first-order chi connectivity index (χ1) is 12.4. The molecule has 1 N–H and O–H groups in total. The minimum absolute atomic E-state index is 0.0472. The van der Waals surface area contributed by atoms with E-state index in [1.165, 1.54) is 29.1 Å². The molecule has 1 aliphatic heterocycles. The Morgan fingerprint density at radius 1 is 1.19 bits per heavy atom. The number of unbranched alkanes of at least 4 members (excludes halogenated alkanes) is 1. The molecule has 1 fully saturated rings. The van der Waals surface area contributed by atoms with Crippen molar-refractivity contribution in [2.24, 2.45) is 0 Å². The van der Waals surface area contributed by atoms with Crippen LogP contribution in [0.5, 0.6) is 0 Å². The highest BCUT2D eigenvalue weighted by molar-refractivity contribution is 8.77. The second-order valence-electron chi connectivity index (χ2n) is 7.15. The summed E-state index contributed by atoms with van der Waals surface area (Å²) in [5.74, 6) is 1.16. The van der Waals surface area contributed by atoms with E-state index in [0.29, 0.717) is 6.42 Å². The molecule has 26 heavy (non-hydrogen) atoms. The highest BCUT2D eigenvalue weighted by Gasteiger charge is 2.17. The molecular weight excluding hydrogens is 364 g/mol. The zero-order valence-corrected chi connectivity index (χ0v) is 17.9. The lowest BCUT2D eigenvalue weighted by Gasteiger charge is -2.18. The van der Waals surface area contributed by atoms with Crippen molar-refractivity contribution in [3.05, 3.63) is 28.8 Å². The van der Waals surface area contributed by atoms with Crippen LogP contribution in [-0.2, 0) is 9.59 Å². The maximum Gasteiger partial charge on any atom is 0.243 e. The zero-order chi connectivity index (χ0) is 19.1. The molecule has 1 aromatic carbocycles. The van der Waals surface area contributed by atoms with Gasteiger partial charge < -0.3 is 10.2 Å². The molecule has 0 aliphatic carbocycles. The summed E-state index contributed by atoms with van der Waals surface area (Å²) >= 11 is 0. The van der Waals surface area contributed by atoms with Gasteiger partial charge in [-0.2, -0.15) is 0 Å². The van der Waals surface area contributed by atoms with Gasteiger partial charge in [0.05, 0.1) is 6.54 Å². The monoisotopic (exact) mass is 394 g/mol. The van der Waals surface area contributed by atoms with Crippen LogP contribution in [0, 0.1) is 20.8 Å². The Labute approximate surface area is 165 Å². The number of rotatable bonds is 8. The Hall–Kier alpha value is -1.14. The van der Waals surface area contributed by atoms with E-state index >= 15 is 0 Å². The van der Waals surface area contributed by atoms with Crippen LogP contribution in [0.3, 0.4) is 0 Å². The Morgan fingerprint density at radius 2 is 1.88 bits per heavy atom. The minimum Gasteiger partial charge on any atom is -0.336 e. The van der Waals surface area contributed by atoms with Crippen molar-refractivity contribution in [1.29, 1.82) is 0 Å². The highest BCUT2D eigenvalue weighted by Crippen LogP contribution is 2.39. The normalized spacial score (nSPS) is 16.5. The number of benzene rings is 1. The zero-order valence-electron chi connectivity index (χ0n) is 16.3. The number of carbonyl (C=O) groups excluding carboxylic acids is 2. The molecule has 1 unspecified atom stereocenters. The van der Waals surface area contributed by atoms with Crippen molar-refractivity contribution in [3.63, 3.8) is 0 Å². The van der Waals surface area contributed by atoms with Gasteiger partial charge in [0.25, 0.3) is 0 Å². The summed E-state index contributed by atoms with van der Waals surface area (Å²) in [4.78, 5) is 26.1. The number of hydrogen-bond donors (Lipinski definition) is 1. The molecule has 4 nitrogen and oxygen atoms in total. The first kappa shape index (κ1) is 21.2. The number of amides is 2. The first-order valence-electron chi connectivity index (χ1n) is 9.26. The van der Waals surface area contributed by atoms with Crippen LogP contribution >= 0.6 is 21.6 Å². The number of anilines is 1. The maximum absolute atomic E-state index is 12.3. The average molecular weight is 395 g/mol. The van der Waals surface area contributed by atoms with Crippen molar-refractivity contribution >= 4 is 39.1 Å². The Kier molecular flexibility index (Phi) is 8.35. The van der Waals surface area contributed by atoms with Gasteiger partial charge in [-0.05, 0) is 51.2 Å². The molecule has 2 amide bonds. The predicted molar refractivity (Wildman–Crippen MR) is 114 cm³/mol. The van der Waals surface area contributed by atoms with Gasteiger partial charge in [0.2, 0.25) is 11.8 Å². The number of nitrogens with zero attached hydrogens (tertiary/aromatic N) is 1. The fraction of sp³-hybridized carbons (Fsp3) is 0.600. The highest BCUT2D eigenvalue weighted by atomic mass is 33.1. The van der Waals surface area contributed by atoms with Crippen LogP contribution in [-0.4, -0.2) is 41.3 Å². The van der Waals surface area contributed by atoms with E-state index < -0.39 is 0 Å². The lowest BCUT2D eigenvalue weighted by molar-refractivity contribution is -0.133. The third-order valence-electron chi connectivity index (χ3n) is 4.64. The van der Waals surface area contributed by atoms with Crippen LogP contribution < -0.4 is 5.32 Å². The predicted octanol–water partition coefficient (Wildman–Crippen LogP) is 4.72. The minimum atomic E-state index is -0.143. The third-order valence-corrected chi connectivity index (χ3v) is 7.65. The van der Waals surface area contributed by atoms with E-state index in [1.54, 1.807) is 7.05 Å². The van der Waals surface area contributed by atoms with Crippen molar-refractivity contribution in [3.8, 4) is 0 Å². The molecule has 0 radical (unpaired) electrons. The van der Waals surface area contributed by atoms with Gasteiger partial charge in [-0.1, -0.05) is 45.7 Å². The van der Waals surface area contributed by atoms with E-state index in [1.807, 2.05) is 42.4 Å². The summed E-state index contributed by atoms with van der Waals surface area (Å²) in [7, 11) is 5.66. The Balaban J connectivity index is 1.72. The van der Waals surface area contributed by atoms with Crippen molar-refractivity contribution in [2.45, 2.75) is 58.1 Å². The third kappa shape index (κ3) is 6.54. The van der Waals surface area contributed by atoms with E-state index in [9.17, 15) is 9.59 Å². The summed E-state index contributed by atoms with van der Waals surface area (Å²) in [6.45, 7) is 6.13. The molecule has 0 saturated carbocycles. The summed E-state index contributed by atoms with van der Waals surface area (Å²) < 4.78 is 0. The molecular formula is C20H30N2O2S2. The van der Waals surface area contributed by atoms with E-state index in [-0.39, 0.29) is 18.4 Å². The average Bonchev–Trinajstić information content (AvgIpc) is 3.08. The fourth-order valence-electron chi connectivity index (χ4n) is 3.26. The van der Waals surface area contributed by atoms with Gasteiger partial charge >= 0.3 is 0 Å². The SMILES string of the molecule is Cc1cc(C)c(NC(=O)CN(C)C(=O)CCCCC2CCSS2)c(C)c1. The molecule has 1 heterocycles. The molecule has 1 aromatic rings. The van der Waals surface area contributed by atoms with Crippen LogP contribution in [0.15, 0.2) is 12.1 Å². The maximum atomic E-state index is 12.3. The number of hydrogen-bond acceptors (Lipinski definition) is 4. The number of nitrogens with one attached hydrogen (secondary N) is 1. The quantitative estimate of drug-likeness (QED) is 0.512. The van der Waals surface area contributed by atoms with Crippen LogP contribution in [0.25, 0.3) is 0 Å². The van der Waals surface area contributed by atoms with Crippen LogP contribution in [0.2, 0.25) is 0 Å². The lowest BCUT2D eigenvalue weighted by Crippen LogP contribution is -2.35. The molecule has 1 atom stereocenters.